The van der Waals surface area contributed by atoms with Gasteiger partial charge in [-0.3, -0.25) is 4.72 Å². The third kappa shape index (κ3) is 2.69. The lowest BCUT2D eigenvalue weighted by Gasteiger charge is -2.07. The first kappa shape index (κ1) is 11.7. The average molecular weight is 271 g/mol. The summed E-state index contributed by atoms with van der Waals surface area (Å²) in [5.41, 5.74) is 0.257. The van der Waals surface area contributed by atoms with E-state index in [0.29, 0.717) is 0 Å². The number of halogens is 1. The van der Waals surface area contributed by atoms with Crippen molar-refractivity contribution in [2.24, 2.45) is 0 Å². The first-order valence-electron chi connectivity index (χ1n) is 4.48. The van der Waals surface area contributed by atoms with E-state index < -0.39 is 10.0 Å². The van der Waals surface area contributed by atoms with Crippen LogP contribution in [0.15, 0.2) is 41.9 Å². The molecule has 0 atom stereocenters. The Morgan fingerprint density at radius 3 is 2.59 bits per heavy atom. The van der Waals surface area contributed by atoms with Crippen molar-refractivity contribution in [2.45, 2.75) is 4.90 Å². The Kier molecular flexibility index (Phi) is 3.21. The van der Waals surface area contributed by atoms with Crippen LogP contribution < -0.4 is 4.72 Å². The molecule has 0 aliphatic rings. The number of nitrogens with zero attached hydrogens (tertiary/aromatic N) is 3. The monoisotopic (exact) mass is 270 g/mol. The van der Waals surface area contributed by atoms with Crippen molar-refractivity contribution < 1.29 is 8.42 Å². The number of rotatable bonds is 3. The molecule has 0 bridgehead atoms. The van der Waals surface area contributed by atoms with Gasteiger partial charge in [-0.1, -0.05) is 11.6 Å². The zero-order valence-electron chi connectivity index (χ0n) is 8.41. The predicted octanol–water partition coefficient (Wildman–Crippen LogP) is 1.33. The van der Waals surface area contributed by atoms with Crippen LogP contribution in [0.5, 0.6) is 0 Å². The van der Waals surface area contributed by atoms with Crippen LogP contribution in [0.1, 0.15) is 0 Å². The van der Waals surface area contributed by atoms with Gasteiger partial charge in [0.1, 0.15) is 16.4 Å². The summed E-state index contributed by atoms with van der Waals surface area (Å²) in [5.74, 6) is 0. The molecule has 88 valence electrons. The minimum absolute atomic E-state index is 0.0863. The van der Waals surface area contributed by atoms with Gasteiger partial charge in [0.05, 0.1) is 18.1 Å². The van der Waals surface area contributed by atoms with Crippen LogP contribution in [0, 0.1) is 0 Å². The second-order valence-electron chi connectivity index (χ2n) is 3.03. The molecule has 0 amide bonds. The van der Waals surface area contributed by atoms with Crippen LogP contribution >= 0.6 is 11.6 Å². The summed E-state index contributed by atoms with van der Waals surface area (Å²) in [7, 11) is -3.77. The fourth-order valence-corrected chi connectivity index (χ4v) is 2.62. The van der Waals surface area contributed by atoms with Gasteiger partial charge in [0, 0.05) is 6.20 Å². The Bertz CT molecular complexity index is 618. The molecule has 0 saturated carbocycles. The van der Waals surface area contributed by atoms with Crippen molar-refractivity contribution in [3.8, 4) is 0 Å². The van der Waals surface area contributed by atoms with E-state index in [-0.39, 0.29) is 15.7 Å². The molecule has 0 spiro atoms. The predicted molar refractivity (Wildman–Crippen MR) is 62.1 cm³/mol. The second kappa shape index (κ2) is 4.64. The fraction of sp³-hybridized carbons (Fsp3) is 0. The summed E-state index contributed by atoms with van der Waals surface area (Å²) in [5, 5.41) is -0.0863. The third-order valence-corrected chi connectivity index (χ3v) is 3.65. The van der Waals surface area contributed by atoms with Gasteiger partial charge in [0.15, 0.2) is 0 Å². The second-order valence-corrected chi connectivity index (χ2v) is 5.03. The summed E-state index contributed by atoms with van der Waals surface area (Å²) in [6.07, 6.45) is 5.39. The van der Waals surface area contributed by atoms with Crippen LogP contribution in [0.2, 0.25) is 5.15 Å². The highest BCUT2D eigenvalue weighted by Crippen LogP contribution is 2.20. The van der Waals surface area contributed by atoms with E-state index in [0.717, 1.165) is 0 Å². The van der Waals surface area contributed by atoms with Gasteiger partial charge in [-0.15, -0.1) is 0 Å². The SMILES string of the molecule is O=S(=O)(Nc1cncnc1)c1cccnc1Cl. The van der Waals surface area contributed by atoms with Crippen LogP contribution in [0.25, 0.3) is 0 Å². The summed E-state index contributed by atoms with van der Waals surface area (Å²) < 4.78 is 26.2. The topological polar surface area (TPSA) is 84.8 Å². The maximum atomic E-state index is 11.9. The van der Waals surface area contributed by atoms with Crippen LogP contribution in [-0.2, 0) is 10.0 Å². The Labute approximate surface area is 103 Å². The van der Waals surface area contributed by atoms with E-state index in [4.69, 9.17) is 11.6 Å². The lowest BCUT2D eigenvalue weighted by Crippen LogP contribution is -2.14. The van der Waals surface area contributed by atoms with E-state index in [9.17, 15) is 8.42 Å². The lowest BCUT2D eigenvalue weighted by atomic mass is 10.5. The third-order valence-electron chi connectivity index (χ3n) is 1.83. The standard InChI is InChI=1S/C9H7ClN4O2S/c10-9-8(2-1-3-13-9)17(15,16)14-7-4-11-6-12-5-7/h1-6,14H. The molecule has 2 aromatic rings. The maximum Gasteiger partial charge on any atom is 0.265 e. The molecule has 0 aliphatic heterocycles. The molecule has 0 saturated heterocycles. The number of aromatic nitrogens is 3. The van der Waals surface area contributed by atoms with Crippen molar-refractivity contribution in [1.82, 2.24) is 15.0 Å². The van der Waals surface area contributed by atoms with E-state index >= 15 is 0 Å². The number of anilines is 1. The van der Waals surface area contributed by atoms with Crippen molar-refractivity contribution in [3.05, 3.63) is 42.2 Å². The zero-order chi connectivity index (χ0) is 12.3. The van der Waals surface area contributed by atoms with E-state index in [2.05, 4.69) is 19.7 Å². The Morgan fingerprint density at radius 1 is 1.24 bits per heavy atom. The van der Waals surface area contributed by atoms with Gasteiger partial charge < -0.3 is 0 Å². The molecule has 6 nitrogen and oxygen atoms in total. The van der Waals surface area contributed by atoms with Crippen LogP contribution in [-0.4, -0.2) is 23.4 Å². The van der Waals surface area contributed by atoms with Crippen LogP contribution in [0.3, 0.4) is 0 Å². The van der Waals surface area contributed by atoms with Crippen molar-refractivity contribution in [2.75, 3.05) is 4.72 Å². The van der Waals surface area contributed by atoms with Crippen molar-refractivity contribution >= 4 is 27.3 Å². The van der Waals surface area contributed by atoms with Crippen molar-refractivity contribution in [3.63, 3.8) is 0 Å². The van der Waals surface area contributed by atoms with E-state index in [1.165, 1.54) is 37.1 Å². The number of pyridine rings is 1. The molecule has 2 heterocycles. The molecule has 0 unspecified atom stereocenters. The zero-order valence-corrected chi connectivity index (χ0v) is 9.98. The normalized spacial score (nSPS) is 11.1. The van der Waals surface area contributed by atoms with Gasteiger partial charge in [0.25, 0.3) is 10.0 Å². The van der Waals surface area contributed by atoms with Gasteiger partial charge >= 0.3 is 0 Å². The minimum atomic E-state index is -3.77. The fourth-order valence-electron chi connectivity index (χ4n) is 1.13. The quantitative estimate of drug-likeness (QED) is 0.851. The highest BCUT2D eigenvalue weighted by Gasteiger charge is 2.18. The minimum Gasteiger partial charge on any atom is -0.276 e. The summed E-state index contributed by atoms with van der Waals surface area (Å²) in [6, 6.07) is 2.85. The van der Waals surface area contributed by atoms with Gasteiger partial charge in [-0.05, 0) is 12.1 Å². The van der Waals surface area contributed by atoms with Gasteiger partial charge in [-0.25, -0.2) is 23.4 Å². The molecule has 0 aromatic carbocycles. The Balaban J connectivity index is 2.36. The Morgan fingerprint density at radius 2 is 1.94 bits per heavy atom. The number of nitrogens with one attached hydrogen (secondary N) is 1. The largest absolute Gasteiger partial charge is 0.276 e. The molecule has 8 heteroatoms. The van der Waals surface area contributed by atoms with E-state index in [1.54, 1.807) is 0 Å². The highest BCUT2D eigenvalue weighted by molar-refractivity contribution is 7.92. The molecule has 2 aromatic heterocycles. The summed E-state index contributed by atoms with van der Waals surface area (Å²) in [6.45, 7) is 0. The molecule has 17 heavy (non-hydrogen) atoms. The number of hydrogen-bond acceptors (Lipinski definition) is 5. The number of sulfonamides is 1. The Hall–Kier alpha value is -1.73. The lowest BCUT2D eigenvalue weighted by molar-refractivity contribution is 0.601. The molecule has 0 aliphatic carbocycles. The van der Waals surface area contributed by atoms with Crippen molar-refractivity contribution in [1.29, 1.82) is 0 Å². The number of hydrogen-bond donors (Lipinski definition) is 1. The molecule has 0 fully saturated rings. The maximum absolute atomic E-state index is 11.9. The molecule has 1 N–H and O–H groups in total. The molecule has 2 rings (SSSR count). The molecule has 0 radical (unpaired) electrons. The van der Waals surface area contributed by atoms with Crippen LogP contribution in [0.4, 0.5) is 5.69 Å². The summed E-state index contributed by atoms with van der Waals surface area (Å²) >= 11 is 5.71. The average Bonchev–Trinajstić information content (AvgIpc) is 2.30. The molecular weight excluding hydrogens is 264 g/mol. The first-order chi connectivity index (χ1) is 8.09. The van der Waals surface area contributed by atoms with Gasteiger partial charge in [-0.2, -0.15) is 0 Å². The van der Waals surface area contributed by atoms with Gasteiger partial charge in [0.2, 0.25) is 0 Å². The smallest absolute Gasteiger partial charge is 0.265 e. The molecular formula is C9H7ClN4O2S. The highest BCUT2D eigenvalue weighted by atomic mass is 35.5. The summed E-state index contributed by atoms with van der Waals surface area (Å²) in [4.78, 5) is 11.0. The first-order valence-corrected chi connectivity index (χ1v) is 6.34. The van der Waals surface area contributed by atoms with E-state index in [1.807, 2.05) is 0 Å².